The summed E-state index contributed by atoms with van der Waals surface area (Å²) in [5.41, 5.74) is 18.6. The van der Waals surface area contributed by atoms with Crippen LogP contribution in [0.25, 0.3) is 10.9 Å². The number of carbonyl (C=O) groups is 5. The van der Waals surface area contributed by atoms with E-state index in [4.69, 9.17) is 22.3 Å². The Morgan fingerprint density at radius 1 is 0.897 bits per heavy atom. The van der Waals surface area contributed by atoms with E-state index in [2.05, 4.69) is 20.9 Å². The number of H-pyrrole nitrogens is 1. The Morgan fingerprint density at radius 3 is 2.13 bits per heavy atom. The van der Waals surface area contributed by atoms with Gasteiger partial charge in [0.1, 0.15) is 18.1 Å². The van der Waals surface area contributed by atoms with Crippen molar-refractivity contribution in [2.75, 3.05) is 13.2 Å². The quantitative estimate of drug-likeness (QED) is 0.0987. The summed E-state index contributed by atoms with van der Waals surface area (Å²) in [4.78, 5) is 64.4. The van der Waals surface area contributed by atoms with Crippen LogP contribution in [0.2, 0.25) is 0 Å². The molecule has 0 aliphatic heterocycles. The number of nitrogens with two attached hydrogens (primary N) is 3. The predicted molar refractivity (Wildman–Crippen MR) is 142 cm³/mol. The Hall–Kier alpha value is -4.01. The maximum atomic E-state index is 13.2. The number of aliphatic carboxylic acids is 1. The van der Waals surface area contributed by atoms with E-state index in [-0.39, 0.29) is 25.7 Å². The van der Waals surface area contributed by atoms with Crippen LogP contribution >= 0.6 is 0 Å². The van der Waals surface area contributed by atoms with Crippen molar-refractivity contribution in [3.05, 3.63) is 36.0 Å². The number of rotatable bonds is 17. The molecule has 0 radical (unpaired) electrons. The number of para-hydroxylation sites is 1. The molecule has 1 heterocycles. The number of unbranched alkanes of at least 4 members (excludes halogenated alkanes) is 1. The van der Waals surface area contributed by atoms with Gasteiger partial charge >= 0.3 is 5.97 Å². The number of carboxylic acids is 1. The second kappa shape index (κ2) is 15.4. The maximum Gasteiger partial charge on any atom is 0.328 e. The zero-order valence-corrected chi connectivity index (χ0v) is 21.5. The number of aliphatic hydroxyl groups is 1. The number of amides is 4. The molecule has 0 bridgehead atoms. The topological polar surface area (TPSA) is 256 Å². The fraction of sp³-hybridized carbons (Fsp3) is 0.480. The molecule has 0 fully saturated rings. The Morgan fingerprint density at radius 2 is 1.51 bits per heavy atom. The van der Waals surface area contributed by atoms with Crippen molar-refractivity contribution in [3.63, 3.8) is 0 Å². The van der Waals surface area contributed by atoms with Gasteiger partial charge in [0, 0.05) is 23.5 Å². The van der Waals surface area contributed by atoms with Crippen LogP contribution in [0.4, 0.5) is 0 Å². The number of carboxylic acid groups (broad SMARTS) is 1. The second-order valence-electron chi connectivity index (χ2n) is 9.16. The van der Waals surface area contributed by atoms with Crippen molar-refractivity contribution < 1.29 is 34.2 Å². The summed E-state index contributed by atoms with van der Waals surface area (Å²) >= 11 is 0. The number of primary amides is 1. The predicted octanol–water partition coefficient (Wildman–Crippen LogP) is -2.04. The van der Waals surface area contributed by atoms with Crippen molar-refractivity contribution in [3.8, 4) is 0 Å². The molecule has 4 atom stereocenters. The lowest BCUT2D eigenvalue weighted by Gasteiger charge is -2.25. The highest BCUT2D eigenvalue weighted by molar-refractivity contribution is 5.94. The highest BCUT2D eigenvalue weighted by Gasteiger charge is 2.30. The summed E-state index contributed by atoms with van der Waals surface area (Å²) in [5, 5.41) is 26.4. The number of hydrogen-bond acceptors (Lipinski definition) is 8. The largest absolute Gasteiger partial charge is 0.480 e. The molecule has 4 unspecified atom stereocenters. The van der Waals surface area contributed by atoms with Crippen molar-refractivity contribution in [2.45, 2.75) is 62.7 Å². The third-order valence-electron chi connectivity index (χ3n) is 6.14. The van der Waals surface area contributed by atoms with Gasteiger partial charge in [-0.1, -0.05) is 18.2 Å². The van der Waals surface area contributed by atoms with Crippen LogP contribution in [0.15, 0.2) is 30.5 Å². The minimum atomic E-state index is -1.62. The second-order valence-corrected chi connectivity index (χ2v) is 9.16. The van der Waals surface area contributed by atoms with E-state index < -0.39 is 60.4 Å². The smallest absolute Gasteiger partial charge is 0.328 e. The van der Waals surface area contributed by atoms with E-state index in [1.54, 1.807) is 6.20 Å². The van der Waals surface area contributed by atoms with E-state index in [0.717, 1.165) is 16.5 Å². The van der Waals surface area contributed by atoms with Gasteiger partial charge in [-0.2, -0.15) is 0 Å². The standard InChI is InChI=1S/C25H37N7O7/c26-10-4-3-7-18(30-22(35)16(27)11-14-12-29-17-6-2-1-5-15(14)17)23(36)31-19(8-9-21(28)34)24(37)32-20(13-33)25(38)39/h1-2,5-6,12,16,18-20,29,33H,3-4,7-11,13,26-27H2,(H2,28,34)(H,30,35)(H,31,36)(H,32,37)(H,38,39). The molecule has 1 aromatic carbocycles. The number of aromatic nitrogens is 1. The molecule has 12 N–H and O–H groups in total. The van der Waals surface area contributed by atoms with Gasteiger partial charge in [0.15, 0.2) is 0 Å². The Balaban J connectivity index is 2.14. The minimum Gasteiger partial charge on any atom is -0.480 e. The van der Waals surface area contributed by atoms with Crippen LogP contribution in [0.5, 0.6) is 0 Å². The van der Waals surface area contributed by atoms with E-state index >= 15 is 0 Å². The number of nitrogens with one attached hydrogen (secondary N) is 4. The van der Waals surface area contributed by atoms with Crippen molar-refractivity contribution in [1.82, 2.24) is 20.9 Å². The highest BCUT2D eigenvalue weighted by Crippen LogP contribution is 2.19. The van der Waals surface area contributed by atoms with Crippen molar-refractivity contribution in [2.24, 2.45) is 17.2 Å². The number of aliphatic hydroxyl groups excluding tert-OH is 1. The molecule has 4 amide bonds. The zero-order valence-electron chi connectivity index (χ0n) is 21.5. The van der Waals surface area contributed by atoms with E-state index in [0.29, 0.717) is 19.4 Å². The summed E-state index contributed by atoms with van der Waals surface area (Å²) in [6, 6.07) is 2.50. The fourth-order valence-corrected chi connectivity index (χ4v) is 3.96. The van der Waals surface area contributed by atoms with Gasteiger partial charge in [-0.05, 0) is 50.3 Å². The fourth-order valence-electron chi connectivity index (χ4n) is 3.96. The van der Waals surface area contributed by atoms with Gasteiger partial charge in [-0.15, -0.1) is 0 Å². The van der Waals surface area contributed by atoms with Gasteiger partial charge < -0.3 is 48.3 Å². The molecular formula is C25H37N7O7. The molecule has 2 rings (SSSR count). The number of aromatic amines is 1. The van der Waals surface area contributed by atoms with Crippen molar-refractivity contribution in [1.29, 1.82) is 0 Å². The summed E-state index contributed by atoms with van der Waals surface area (Å²) in [7, 11) is 0. The highest BCUT2D eigenvalue weighted by atomic mass is 16.4. The van der Waals surface area contributed by atoms with Crippen LogP contribution < -0.4 is 33.2 Å². The van der Waals surface area contributed by atoms with Gasteiger partial charge in [0.25, 0.3) is 0 Å². The molecule has 0 aliphatic rings. The summed E-state index contributed by atoms with van der Waals surface area (Å²) in [6.07, 6.45) is 2.70. The zero-order chi connectivity index (χ0) is 28.9. The first kappa shape index (κ1) is 31.2. The molecule has 0 spiro atoms. The van der Waals surface area contributed by atoms with Gasteiger partial charge in [-0.3, -0.25) is 19.2 Å². The third kappa shape index (κ3) is 9.67. The van der Waals surface area contributed by atoms with E-state index in [1.165, 1.54) is 0 Å². The van der Waals surface area contributed by atoms with E-state index in [1.807, 2.05) is 24.3 Å². The van der Waals surface area contributed by atoms with E-state index in [9.17, 15) is 29.1 Å². The molecule has 1 aromatic heterocycles. The third-order valence-corrected chi connectivity index (χ3v) is 6.14. The number of hydrogen-bond donors (Lipinski definition) is 9. The molecule has 2 aromatic rings. The van der Waals surface area contributed by atoms with Gasteiger partial charge in [0.2, 0.25) is 23.6 Å². The van der Waals surface area contributed by atoms with Crippen LogP contribution in [-0.4, -0.2) is 82.1 Å². The minimum absolute atomic E-state index is 0.188. The lowest BCUT2D eigenvalue weighted by Crippen LogP contribution is -2.57. The molecule has 39 heavy (non-hydrogen) atoms. The Bertz CT molecular complexity index is 1150. The maximum absolute atomic E-state index is 13.2. The monoisotopic (exact) mass is 547 g/mol. The van der Waals surface area contributed by atoms with Crippen molar-refractivity contribution >= 4 is 40.5 Å². The first-order valence-electron chi connectivity index (χ1n) is 12.6. The van der Waals surface area contributed by atoms with Crippen LogP contribution in [0.3, 0.4) is 0 Å². The van der Waals surface area contributed by atoms with Gasteiger partial charge in [0.05, 0.1) is 12.6 Å². The average Bonchev–Trinajstić information content (AvgIpc) is 3.31. The summed E-state index contributed by atoms with van der Waals surface area (Å²) in [5.74, 6) is -4.48. The van der Waals surface area contributed by atoms with Gasteiger partial charge in [-0.25, -0.2) is 4.79 Å². The molecule has 0 aliphatic carbocycles. The SMILES string of the molecule is NCCCCC(NC(=O)C(N)Cc1c[nH]c2ccccc12)C(=O)NC(CCC(N)=O)C(=O)NC(CO)C(=O)O. The first-order chi connectivity index (χ1) is 18.6. The number of benzene rings is 1. The van der Waals surface area contributed by atoms with Crippen LogP contribution in [0, 0.1) is 0 Å². The molecule has 214 valence electrons. The molecule has 0 saturated heterocycles. The Kier molecular flexibility index (Phi) is 12.3. The summed E-state index contributed by atoms with van der Waals surface area (Å²) < 4.78 is 0. The Labute approximate surface area is 225 Å². The number of fused-ring (bicyclic) bond motifs is 1. The lowest BCUT2D eigenvalue weighted by molar-refractivity contribution is -0.143. The first-order valence-corrected chi connectivity index (χ1v) is 12.6. The molecule has 14 heteroatoms. The number of carbonyl (C=O) groups excluding carboxylic acids is 4. The average molecular weight is 548 g/mol. The molecular weight excluding hydrogens is 510 g/mol. The van der Waals surface area contributed by atoms with Crippen LogP contribution in [-0.2, 0) is 30.4 Å². The normalized spacial score (nSPS) is 14.1. The van der Waals surface area contributed by atoms with Crippen LogP contribution in [0.1, 0.15) is 37.7 Å². The summed E-state index contributed by atoms with van der Waals surface area (Å²) in [6.45, 7) is -0.520. The lowest BCUT2D eigenvalue weighted by atomic mass is 10.0. The molecule has 0 saturated carbocycles. The molecule has 14 nitrogen and oxygen atoms in total.